The van der Waals surface area contributed by atoms with Crippen LogP contribution in [-0.2, 0) is 4.79 Å². The van der Waals surface area contributed by atoms with E-state index in [2.05, 4.69) is 5.32 Å². The molecule has 2 aromatic carbocycles. The maximum absolute atomic E-state index is 13.9. The highest BCUT2D eigenvalue weighted by molar-refractivity contribution is 8.00. The summed E-state index contributed by atoms with van der Waals surface area (Å²) in [6, 6.07) is 12.8. The number of thioether (sulfide) groups is 1. The molecule has 0 aliphatic carbocycles. The van der Waals surface area contributed by atoms with E-state index in [-0.39, 0.29) is 22.9 Å². The monoisotopic (exact) mass is 372 g/mol. The van der Waals surface area contributed by atoms with Crippen molar-refractivity contribution in [2.24, 2.45) is 0 Å². The van der Waals surface area contributed by atoms with Gasteiger partial charge in [0, 0.05) is 11.3 Å². The summed E-state index contributed by atoms with van der Waals surface area (Å²) in [7, 11) is 0. The zero-order valence-corrected chi connectivity index (χ0v) is 15.6. The van der Waals surface area contributed by atoms with Crippen LogP contribution in [0.25, 0.3) is 0 Å². The van der Waals surface area contributed by atoms with E-state index in [1.165, 1.54) is 12.1 Å². The van der Waals surface area contributed by atoms with Gasteiger partial charge in [-0.15, -0.1) is 11.8 Å². The molecule has 0 bridgehead atoms. The lowest BCUT2D eigenvalue weighted by Crippen LogP contribution is -2.47. The van der Waals surface area contributed by atoms with Crippen LogP contribution in [0.15, 0.2) is 48.5 Å². The van der Waals surface area contributed by atoms with Crippen LogP contribution in [0.4, 0.5) is 10.1 Å². The molecular formula is C20H21FN2O2S. The topological polar surface area (TPSA) is 49.4 Å². The second-order valence-electron chi connectivity index (χ2n) is 6.21. The number of halogens is 1. The highest BCUT2D eigenvalue weighted by Gasteiger charge is 2.41. The van der Waals surface area contributed by atoms with Gasteiger partial charge in [-0.2, -0.15) is 0 Å². The number of carbonyl (C=O) groups is 2. The Morgan fingerprint density at radius 1 is 1.19 bits per heavy atom. The number of anilines is 1. The van der Waals surface area contributed by atoms with E-state index >= 15 is 0 Å². The molecule has 2 atom stereocenters. The lowest BCUT2D eigenvalue weighted by molar-refractivity contribution is -0.119. The molecule has 4 nitrogen and oxygen atoms in total. The second kappa shape index (κ2) is 7.91. The van der Waals surface area contributed by atoms with E-state index in [0.717, 1.165) is 12.0 Å². The van der Waals surface area contributed by atoms with Gasteiger partial charge in [0.2, 0.25) is 5.91 Å². The highest BCUT2D eigenvalue weighted by atomic mass is 32.2. The number of aryl methyl sites for hydroxylation is 1. The standard InChI is InChI=1S/C20H21FN2O2S/c1-3-18-23(20(25)14-9-5-4-8-13(14)2)17(12-26-18)19(24)22-16-11-7-6-10-15(16)21/h4-11,17-18H,3,12H2,1-2H3,(H,22,24)/t17-,18-/m1/s1. The van der Waals surface area contributed by atoms with Crippen molar-refractivity contribution in [3.8, 4) is 0 Å². The van der Waals surface area contributed by atoms with Crippen molar-refractivity contribution >= 4 is 29.3 Å². The van der Waals surface area contributed by atoms with Gasteiger partial charge in [0.15, 0.2) is 0 Å². The minimum Gasteiger partial charge on any atom is -0.322 e. The SMILES string of the molecule is CC[C@H]1SC[C@H](C(=O)Nc2ccccc2F)N1C(=O)c1ccccc1C. The van der Waals surface area contributed by atoms with E-state index in [9.17, 15) is 14.0 Å². The predicted molar refractivity (Wildman–Crippen MR) is 103 cm³/mol. The molecule has 2 aromatic rings. The largest absolute Gasteiger partial charge is 0.322 e. The van der Waals surface area contributed by atoms with Gasteiger partial charge in [-0.1, -0.05) is 37.3 Å². The molecule has 6 heteroatoms. The summed E-state index contributed by atoms with van der Waals surface area (Å²) in [5.41, 5.74) is 1.60. The van der Waals surface area contributed by atoms with Gasteiger partial charge in [-0.05, 0) is 37.1 Å². The molecule has 136 valence electrons. The van der Waals surface area contributed by atoms with Crippen molar-refractivity contribution < 1.29 is 14.0 Å². The Hall–Kier alpha value is -2.34. The summed E-state index contributed by atoms with van der Waals surface area (Å²) in [6.07, 6.45) is 0.742. The van der Waals surface area contributed by atoms with Crippen LogP contribution in [0, 0.1) is 12.7 Å². The third kappa shape index (κ3) is 3.60. The van der Waals surface area contributed by atoms with E-state index in [4.69, 9.17) is 0 Å². The van der Waals surface area contributed by atoms with Crippen molar-refractivity contribution in [1.82, 2.24) is 4.90 Å². The summed E-state index contributed by atoms with van der Waals surface area (Å²) in [5, 5.41) is 2.56. The zero-order valence-electron chi connectivity index (χ0n) is 14.7. The number of nitrogens with zero attached hydrogens (tertiary/aromatic N) is 1. The molecule has 0 unspecified atom stereocenters. The smallest absolute Gasteiger partial charge is 0.255 e. The highest BCUT2D eigenvalue weighted by Crippen LogP contribution is 2.33. The van der Waals surface area contributed by atoms with Crippen LogP contribution in [-0.4, -0.2) is 33.9 Å². The van der Waals surface area contributed by atoms with E-state index in [1.54, 1.807) is 34.9 Å². The van der Waals surface area contributed by atoms with Crippen LogP contribution < -0.4 is 5.32 Å². The normalized spacial score (nSPS) is 19.4. The lowest BCUT2D eigenvalue weighted by Gasteiger charge is -2.29. The minimum atomic E-state index is -0.628. The molecule has 26 heavy (non-hydrogen) atoms. The van der Waals surface area contributed by atoms with Gasteiger partial charge in [0.1, 0.15) is 11.9 Å². The van der Waals surface area contributed by atoms with Crippen molar-refractivity contribution in [2.75, 3.05) is 11.1 Å². The Balaban J connectivity index is 1.86. The quantitative estimate of drug-likeness (QED) is 0.880. The second-order valence-corrected chi connectivity index (χ2v) is 7.42. The molecule has 0 spiro atoms. The van der Waals surface area contributed by atoms with Crippen LogP contribution in [0.5, 0.6) is 0 Å². The summed E-state index contributed by atoms with van der Waals surface area (Å²) >= 11 is 1.58. The molecule has 2 amide bonds. The average Bonchev–Trinajstić information content (AvgIpc) is 3.07. The molecule has 0 aromatic heterocycles. The minimum absolute atomic E-state index is 0.0709. The van der Waals surface area contributed by atoms with Crippen molar-refractivity contribution in [2.45, 2.75) is 31.7 Å². The molecule has 0 radical (unpaired) electrons. The van der Waals surface area contributed by atoms with Crippen LogP contribution in [0.3, 0.4) is 0 Å². The molecule has 1 aliphatic rings. The fourth-order valence-corrected chi connectivity index (χ4v) is 4.44. The first-order valence-corrected chi connectivity index (χ1v) is 9.63. The first kappa shape index (κ1) is 18.5. The maximum Gasteiger partial charge on any atom is 0.255 e. The van der Waals surface area contributed by atoms with Crippen molar-refractivity contribution in [3.63, 3.8) is 0 Å². The first-order chi connectivity index (χ1) is 12.5. The molecule has 1 saturated heterocycles. The number of hydrogen-bond donors (Lipinski definition) is 1. The van der Waals surface area contributed by atoms with Crippen LogP contribution in [0.1, 0.15) is 29.3 Å². The third-order valence-electron chi connectivity index (χ3n) is 4.49. The molecule has 3 rings (SSSR count). The van der Waals surface area contributed by atoms with Gasteiger partial charge in [-0.3, -0.25) is 9.59 Å². The number of benzene rings is 2. The van der Waals surface area contributed by atoms with E-state index < -0.39 is 11.9 Å². The number of rotatable bonds is 4. The van der Waals surface area contributed by atoms with Crippen LogP contribution in [0.2, 0.25) is 0 Å². The van der Waals surface area contributed by atoms with Crippen molar-refractivity contribution in [1.29, 1.82) is 0 Å². The summed E-state index contributed by atoms with van der Waals surface area (Å²) in [6.45, 7) is 3.87. The number of para-hydroxylation sites is 1. The maximum atomic E-state index is 13.9. The number of nitrogens with one attached hydrogen (secondary N) is 1. The predicted octanol–water partition coefficient (Wildman–Crippen LogP) is 4.07. The fraction of sp³-hybridized carbons (Fsp3) is 0.300. The van der Waals surface area contributed by atoms with E-state index in [1.807, 2.05) is 32.0 Å². The Morgan fingerprint density at radius 3 is 2.58 bits per heavy atom. The Morgan fingerprint density at radius 2 is 1.88 bits per heavy atom. The number of amides is 2. The van der Waals surface area contributed by atoms with Crippen molar-refractivity contribution in [3.05, 3.63) is 65.5 Å². The molecule has 1 heterocycles. The molecule has 1 N–H and O–H groups in total. The summed E-state index contributed by atoms with van der Waals surface area (Å²) in [4.78, 5) is 27.5. The summed E-state index contributed by atoms with van der Waals surface area (Å²) < 4.78 is 13.9. The first-order valence-electron chi connectivity index (χ1n) is 8.58. The Labute approximate surface area is 156 Å². The molecule has 0 saturated carbocycles. The lowest BCUT2D eigenvalue weighted by atomic mass is 10.1. The molecule has 1 fully saturated rings. The van der Waals surface area contributed by atoms with Crippen LogP contribution >= 0.6 is 11.8 Å². The Kier molecular flexibility index (Phi) is 5.61. The molecule has 1 aliphatic heterocycles. The average molecular weight is 372 g/mol. The van der Waals surface area contributed by atoms with E-state index in [0.29, 0.717) is 11.3 Å². The zero-order chi connectivity index (χ0) is 18.7. The van der Waals surface area contributed by atoms with Gasteiger partial charge >= 0.3 is 0 Å². The number of carbonyl (C=O) groups excluding carboxylic acids is 2. The fourth-order valence-electron chi connectivity index (χ4n) is 3.08. The summed E-state index contributed by atoms with van der Waals surface area (Å²) in [5.74, 6) is -0.513. The van der Waals surface area contributed by atoms with Gasteiger partial charge in [0.25, 0.3) is 5.91 Å². The third-order valence-corrected chi connectivity index (χ3v) is 5.94. The van der Waals surface area contributed by atoms with Gasteiger partial charge in [0.05, 0.1) is 11.1 Å². The van der Waals surface area contributed by atoms with Gasteiger partial charge < -0.3 is 10.2 Å². The molecular weight excluding hydrogens is 351 g/mol. The van der Waals surface area contributed by atoms with Gasteiger partial charge in [-0.25, -0.2) is 4.39 Å². The number of hydrogen-bond acceptors (Lipinski definition) is 3. The Bertz CT molecular complexity index is 827.